The molecule has 50 valence electrons. The molecule has 6 heteroatoms. The molecule has 0 aromatic rings. The van der Waals surface area contributed by atoms with Crippen molar-refractivity contribution < 1.29 is 13.0 Å². The van der Waals surface area contributed by atoms with Crippen molar-refractivity contribution >= 4 is 30.5 Å². The first kappa shape index (κ1) is 8.95. The maximum absolute atomic E-state index is 5.10. The minimum atomic E-state index is -1.23. The van der Waals surface area contributed by atoms with Gasteiger partial charge in [0.15, 0.2) is 0 Å². The van der Waals surface area contributed by atoms with Gasteiger partial charge in [0, 0.05) is 14.2 Å². The Hall–Kier alpha value is 0.950. The normalized spacial score (nSPS) is 10.5. The van der Waals surface area contributed by atoms with Crippen LogP contribution < -0.4 is 0 Å². The second-order valence-electron chi connectivity index (χ2n) is 0.726. The van der Waals surface area contributed by atoms with Gasteiger partial charge in [0.1, 0.15) is 11.3 Å². The van der Waals surface area contributed by atoms with Crippen LogP contribution in [0.2, 0.25) is 0 Å². The molecule has 0 aliphatic carbocycles. The van der Waals surface area contributed by atoms with Gasteiger partial charge in [-0.05, 0) is 10.7 Å². The lowest BCUT2D eigenvalue weighted by Gasteiger charge is -2.05. The van der Waals surface area contributed by atoms with Crippen molar-refractivity contribution in [1.29, 1.82) is 0 Å². The van der Waals surface area contributed by atoms with E-state index in [9.17, 15) is 0 Å². The monoisotopic (exact) mass is 176 g/mol. The van der Waals surface area contributed by atoms with E-state index >= 15 is 0 Å². The minimum Gasteiger partial charge on any atom is -0.315 e. The molecule has 0 heterocycles. The Morgan fingerprint density at radius 1 is 1.38 bits per heavy atom. The van der Waals surface area contributed by atoms with Crippen LogP contribution in [0, 0.1) is 0 Å². The summed E-state index contributed by atoms with van der Waals surface area (Å²) in [6.45, 7) is 0. The molecule has 0 spiro atoms. The third-order valence-electron chi connectivity index (χ3n) is 0.387. The summed E-state index contributed by atoms with van der Waals surface area (Å²) in [6.07, 6.45) is 0. The summed E-state index contributed by atoms with van der Waals surface area (Å²) in [5, 5.41) is 0. The second-order valence-corrected chi connectivity index (χ2v) is 3.00. The lowest BCUT2D eigenvalue weighted by molar-refractivity contribution is 0.289. The molecule has 0 saturated carbocycles. The van der Waals surface area contributed by atoms with E-state index < -0.39 is 8.60 Å². The van der Waals surface area contributed by atoms with Gasteiger partial charge in [-0.1, -0.05) is 0 Å². The average molecular weight is 177 g/mol. The summed E-state index contributed by atoms with van der Waals surface area (Å²) < 4.78 is 14.0. The Labute approximate surface area is 58.3 Å². The molecule has 0 fully saturated rings. The zero-order valence-electron chi connectivity index (χ0n) is 4.46. The van der Waals surface area contributed by atoms with Crippen LogP contribution in [0.15, 0.2) is 0 Å². The topological polar surface area (TPSA) is 27.7 Å². The Bertz CT molecular complexity index is 52.5. The molecule has 0 bridgehead atoms. The van der Waals surface area contributed by atoms with Gasteiger partial charge in [-0.2, -0.15) is 0 Å². The third-order valence-corrected chi connectivity index (χ3v) is 2.20. The minimum absolute atomic E-state index is 0.710. The number of hydrogen-bond donors (Lipinski definition) is 0. The highest BCUT2D eigenvalue weighted by atomic mass is 35.7. The van der Waals surface area contributed by atoms with Gasteiger partial charge < -0.3 is 9.05 Å². The zero-order valence-corrected chi connectivity index (χ0v) is 6.93. The number of halogens is 1. The van der Waals surface area contributed by atoms with Gasteiger partial charge in [-0.3, -0.25) is 0 Å². The molecule has 0 unspecified atom stereocenters. The van der Waals surface area contributed by atoms with Gasteiger partial charge in [0.05, 0.1) is 0 Å². The summed E-state index contributed by atoms with van der Waals surface area (Å²) in [7, 11) is 6.86. The molecule has 0 aliphatic heterocycles. The largest absolute Gasteiger partial charge is 0.345 e. The van der Waals surface area contributed by atoms with E-state index in [1.54, 1.807) is 0 Å². The van der Waals surface area contributed by atoms with E-state index in [4.69, 9.17) is 10.7 Å². The van der Waals surface area contributed by atoms with Gasteiger partial charge in [-0.25, -0.2) is 3.97 Å². The zero-order chi connectivity index (χ0) is 6.41. The quantitative estimate of drug-likeness (QED) is 0.485. The molecule has 0 aliphatic rings. The van der Waals surface area contributed by atoms with Crippen LogP contribution in [-0.4, -0.2) is 14.2 Å². The fraction of sp³-hybridized carbons (Fsp3) is 1.00. The van der Waals surface area contributed by atoms with Crippen molar-refractivity contribution in [2.24, 2.45) is 0 Å². The maximum atomic E-state index is 5.10. The van der Waals surface area contributed by atoms with Gasteiger partial charge in [-0.15, -0.1) is 0 Å². The second kappa shape index (κ2) is 6.08. The molecular formula is C2H6ClO3PS. The predicted octanol–water partition coefficient (Wildman–Crippen LogP) is 2.32. The molecule has 0 rings (SSSR count). The maximum Gasteiger partial charge on any atom is 0.345 e. The van der Waals surface area contributed by atoms with E-state index in [0.717, 1.165) is 0 Å². The highest BCUT2D eigenvalue weighted by molar-refractivity contribution is 8.19. The van der Waals surface area contributed by atoms with E-state index in [-0.39, 0.29) is 0 Å². The van der Waals surface area contributed by atoms with Crippen molar-refractivity contribution in [3.63, 3.8) is 0 Å². The lowest BCUT2D eigenvalue weighted by Crippen LogP contribution is -1.79. The van der Waals surface area contributed by atoms with Crippen LogP contribution in [0.5, 0.6) is 0 Å². The number of rotatable bonds is 4. The van der Waals surface area contributed by atoms with Crippen LogP contribution >= 0.6 is 30.5 Å². The Morgan fingerprint density at radius 3 is 2.00 bits per heavy atom. The molecule has 3 nitrogen and oxygen atoms in total. The fourth-order valence-electron chi connectivity index (χ4n) is 0.158. The highest BCUT2D eigenvalue weighted by Crippen LogP contribution is 2.42. The molecule has 0 amide bonds. The van der Waals surface area contributed by atoms with Crippen LogP contribution in [0.25, 0.3) is 0 Å². The molecule has 0 atom stereocenters. The summed E-state index contributed by atoms with van der Waals surface area (Å²) in [5.74, 6) is 0. The predicted molar refractivity (Wildman–Crippen MR) is 35.5 cm³/mol. The highest BCUT2D eigenvalue weighted by Gasteiger charge is 2.05. The molecule has 0 N–H and O–H groups in total. The van der Waals surface area contributed by atoms with Crippen LogP contribution in [0.4, 0.5) is 0 Å². The molecular weight excluding hydrogens is 171 g/mol. The van der Waals surface area contributed by atoms with Crippen LogP contribution in [0.1, 0.15) is 0 Å². The average Bonchev–Trinajstić information content (AvgIpc) is 1.83. The summed E-state index contributed by atoms with van der Waals surface area (Å²) in [6, 6.07) is 0. The van der Waals surface area contributed by atoms with E-state index in [2.05, 4.69) is 13.0 Å². The summed E-state index contributed by atoms with van der Waals surface area (Å²) >= 11 is 0.710. The van der Waals surface area contributed by atoms with Crippen molar-refractivity contribution in [3.8, 4) is 0 Å². The van der Waals surface area contributed by atoms with E-state index in [1.165, 1.54) is 14.2 Å². The van der Waals surface area contributed by atoms with Crippen LogP contribution in [-0.2, 0) is 13.0 Å². The molecule has 8 heavy (non-hydrogen) atoms. The van der Waals surface area contributed by atoms with Gasteiger partial charge in [0.25, 0.3) is 0 Å². The van der Waals surface area contributed by atoms with Gasteiger partial charge >= 0.3 is 8.60 Å². The van der Waals surface area contributed by atoms with Crippen LogP contribution in [0.3, 0.4) is 0 Å². The first-order valence-electron chi connectivity index (χ1n) is 1.69. The Balaban J connectivity index is 3.07. The molecule has 0 radical (unpaired) electrons. The SMILES string of the molecule is COP(OC)OSCl. The Kier molecular flexibility index (Phi) is 6.80. The summed E-state index contributed by atoms with van der Waals surface area (Å²) in [4.78, 5) is 0. The van der Waals surface area contributed by atoms with Crippen molar-refractivity contribution in [3.05, 3.63) is 0 Å². The van der Waals surface area contributed by atoms with Gasteiger partial charge in [0.2, 0.25) is 0 Å². The van der Waals surface area contributed by atoms with Crippen molar-refractivity contribution in [1.82, 2.24) is 0 Å². The Morgan fingerprint density at radius 2 is 1.88 bits per heavy atom. The van der Waals surface area contributed by atoms with E-state index in [0.29, 0.717) is 11.3 Å². The fourth-order valence-corrected chi connectivity index (χ4v) is 1.39. The first-order valence-corrected chi connectivity index (χ1v) is 4.35. The lowest BCUT2D eigenvalue weighted by atomic mass is 11.8. The standard InChI is InChI=1S/C2H6ClO3PS/c1-4-7(5-2)6-8-3/h1-2H3. The number of hydrogen-bond acceptors (Lipinski definition) is 4. The summed E-state index contributed by atoms with van der Waals surface area (Å²) in [5.41, 5.74) is 0. The van der Waals surface area contributed by atoms with Crippen molar-refractivity contribution in [2.45, 2.75) is 0 Å². The van der Waals surface area contributed by atoms with Crippen molar-refractivity contribution in [2.75, 3.05) is 14.2 Å². The molecule has 0 aromatic heterocycles. The smallest absolute Gasteiger partial charge is 0.315 e. The molecule has 0 saturated heterocycles. The first-order chi connectivity index (χ1) is 3.85. The molecule has 0 aromatic carbocycles. The van der Waals surface area contributed by atoms with E-state index in [1.807, 2.05) is 0 Å². The third kappa shape index (κ3) is 3.89.